The maximum absolute atomic E-state index is 10.2. The Kier molecular flexibility index (Phi) is 3.64. The zero-order chi connectivity index (χ0) is 11.5. The third-order valence-corrected chi connectivity index (χ3v) is 3.06. The molecule has 0 spiro atoms. The third kappa shape index (κ3) is 2.64. The zero-order valence-electron chi connectivity index (χ0n) is 8.40. The topological polar surface area (TPSA) is 20.2 Å². The van der Waals surface area contributed by atoms with E-state index in [0.717, 1.165) is 15.6 Å². The highest BCUT2D eigenvalue weighted by molar-refractivity contribution is 9.10. The van der Waals surface area contributed by atoms with Crippen LogP contribution >= 0.6 is 27.5 Å². The van der Waals surface area contributed by atoms with Gasteiger partial charge in [-0.1, -0.05) is 51.8 Å². The van der Waals surface area contributed by atoms with Crippen molar-refractivity contribution < 1.29 is 5.11 Å². The van der Waals surface area contributed by atoms with E-state index in [-0.39, 0.29) is 0 Å². The summed E-state index contributed by atoms with van der Waals surface area (Å²) in [5.74, 6) is 0. The molecule has 0 saturated carbocycles. The van der Waals surface area contributed by atoms with Gasteiger partial charge in [0.05, 0.1) is 0 Å². The molecule has 16 heavy (non-hydrogen) atoms. The molecule has 3 heteroatoms. The summed E-state index contributed by atoms with van der Waals surface area (Å²) in [5, 5.41) is 10.8. The van der Waals surface area contributed by atoms with Gasteiger partial charge < -0.3 is 5.11 Å². The maximum Gasteiger partial charge on any atom is 0.104 e. The summed E-state index contributed by atoms with van der Waals surface area (Å²) in [6.07, 6.45) is -0.642. The van der Waals surface area contributed by atoms with E-state index in [0.29, 0.717) is 5.02 Å². The van der Waals surface area contributed by atoms with Crippen molar-refractivity contribution in [3.05, 3.63) is 69.2 Å². The van der Waals surface area contributed by atoms with Crippen LogP contribution in [0.25, 0.3) is 0 Å². The molecule has 0 heterocycles. The highest BCUT2D eigenvalue weighted by Gasteiger charge is 2.10. The first-order valence-electron chi connectivity index (χ1n) is 4.86. The molecule has 1 nitrogen and oxygen atoms in total. The van der Waals surface area contributed by atoms with Crippen molar-refractivity contribution in [3.8, 4) is 0 Å². The summed E-state index contributed by atoms with van der Waals surface area (Å²) in [5.41, 5.74) is 1.64. The summed E-state index contributed by atoms with van der Waals surface area (Å²) in [6, 6.07) is 14.9. The molecule has 0 aromatic heterocycles. The number of aliphatic hydroxyl groups is 1. The summed E-state index contributed by atoms with van der Waals surface area (Å²) < 4.78 is 0.950. The Morgan fingerprint density at radius 3 is 2.25 bits per heavy atom. The van der Waals surface area contributed by atoms with Gasteiger partial charge >= 0.3 is 0 Å². The zero-order valence-corrected chi connectivity index (χ0v) is 10.7. The number of aliphatic hydroxyl groups excluding tert-OH is 1. The Morgan fingerprint density at radius 2 is 1.62 bits per heavy atom. The normalized spacial score (nSPS) is 12.4. The summed E-state index contributed by atoms with van der Waals surface area (Å²) in [4.78, 5) is 0. The van der Waals surface area contributed by atoms with Gasteiger partial charge in [0.2, 0.25) is 0 Å². The van der Waals surface area contributed by atoms with Crippen LogP contribution in [0.15, 0.2) is 53.0 Å². The second kappa shape index (κ2) is 5.00. The van der Waals surface area contributed by atoms with Crippen LogP contribution in [-0.2, 0) is 0 Å². The van der Waals surface area contributed by atoms with E-state index in [1.165, 1.54) is 0 Å². The first-order chi connectivity index (χ1) is 7.66. The molecule has 0 fully saturated rings. The summed E-state index contributed by atoms with van der Waals surface area (Å²) in [7, 11) is 0. The smallest absolute Gasteiger partial charge is 0.104 e. The lowest BCUT2D eigenvalue weighted by Crippen LogP contribution is -1.99. The second-order valence-electron chi connectivity index (χ2n) is 3.51. The average molecular weight is 298 g/mol. The van der Waals surface area contributed by atoms with E-state index in [9.17, 15) is 5.11 Å². The minimum atomic E-state index is -0.642. The van der Waals surface area contributed by atoms with Crippen LogP contribution in [0.5, 0.6) is 0 Å². The van der Waals surface area contributed by atoms with Crippen molar-refractivity contribution in [2.24, 2.45) is 0 Å². The molecule has 0 amide bonds. The lowest BCUT2D eigenvalue weighted by atomic mass is 10.0. The van der Waals surface area contributed by atoms with Crippen molar-refractivity contribution in [2.45, 2.75) is 6.10 Å². The minimum absolute atomic E-state index is 0.631. The predicted octanol–water partition coefficient (Wildman–Crippen LogP) is 4.18. The Balaban J connectivity index is 2.35. The number of hydrogen-bond acceptors (Lipinski definition) is 1. The first-order valence-corrected chi connectivity index (χ1v) is 6.03. The quantitative estimate of drug-likeness (QED) is 0.881. The Hall–Kier alpha value is -0.830. The molecule has 0 radical (unpaired) electrons. The molecule has 0 saturated heterocycles. The van der Waals surface area contributed by atoms with Crippen molar-refractivity contribution >= 4 is 27.5 Å². The predicted molar refractivity (Wildman–Crippen MR) is 69.7 cm³/mol. The van der Waals surface area contributed by atoms with Gasteiger partial charge in [0.15, 0.2) is 0 Å². The fourth-order valence-electron chi connectivity index (χ4n) is 1.55. The Bertz CT molecular complexity index is 453. The van der Waals surface area contributed by atoms with Crippen LogP contribution in [-0.4, -0.2) is 5.11 Å². The summed E-state index contributed by atoms with van der Waals surface area (Å²) >= 11 is 9.27. The summed E-state index contributed by atoms with van der Waals surface area (Å²) in [6.45, 7) is 0. The molecule has 0 unspecified atom stereocenters. The maximum atomic E-state index is 10.2. The van der Waals surface area contributed by atoms with Crippen molar-refractivity contribution in [2.75, 3.05) is 0 Å². The van der Waals surface area contributed by atoms with Crippen LogP contribution in [0.1, 0.15) is 17.2 Å². The van der Waals surface area contributed by atoms with Crippen molar-refractivity contribution in [3.63, 3.8) is 0 Å². The van der Waals surface area contributed by atoms with Crippen molar-refractivity contribution in [1.82, 2.24) is 0 Å². The van der Waals surface area contributed by atoms with Gasteiger partial charge in [-0.3, -0.25) is 0 Å². The Morgan fingerprint density at radius 1 is 1.00 bits per heavy atom. The Labute approximate surface area is 108 Å². The molecule has 0 aliphatic carbocycles. The van der Waals surface area contributed by atoms with Crippen molar-refractivity contribution in [1.29, 1.82) is 0 Å². The number of hydrogen-bond donors (Lipinski definition) is 1. The van der Waals surface area contributed by atoms with E-state index >= 15 is 0 Å². The van der Waals surface area contributed by atoms with E-state index < -0.39 is 6.10 Å². The average Bonchev–Trinajstić information content (AvgIpc) is 2.28. The van der Waals surface area contributed by atoms with Gasteiger partial charge in [-0.2, -0.15) is 0 Å². The van der Waals surface area contributed by atoms with Crippen LogP contribution in [0, 0.1) is 0 Å². The fourth-order valence-corrected chi connectivity index (χ4v) is 2.16. The molecule has 0 aliphatic heterocycles. The van der Waals surface area contributed by atoms with Gasteiger partial charge in [-0.25, -0.2) is 0 Å². The number of benzene rings is 2. The molecule has 2 aromatic rings. The van der Waals surface area contributed by atoms with E-state index in [4.69, 9.17) is 11.6 Å². The lowest BCUT2D eigenvalue weighted by Gasteiger charge is -2.11. The van der Waals surface area contributed by atoms with Crippen LogP contribution in [0.2, 0.25) is 5.02 Å². The van der Waals surface area contributed by atoms with E-state index in [1.54, 1.807) is 12.1 Å². The standard InChI is InChI=1S/C13H10BrClO/c14-11-5-1-3-9(7-11)13(16)10-4-2-6-12(15)8-10/h1-8,13,16H/t13-/m1/s1. The molecular formula is C13H10BrClO. The SMILES string of the molecule is O[C@@H](c1cccc(Cl)c1)c1cccc(Br)c1. The molecule has 0 aliphatic rings. The van der Waals surface area contributed by atoms with Crippen LogP contribution in [0.4, 0.5) is 0 Å². The molecule has 1 atom stereocenters. The van der Waals surface area contributed by atoms with Crippen LogP contribution in [0.3, 0.4) is 0 Å². The minimum Gasteiger partial charge on any atom is -0.384 e. The van der Waals surface area contributed by atoms with Gasteiger partial charge in [0.1, 0.15) is 6.10 Å². The highest BCUT2D eigenvalue weighted by Crippen LogP contribution is 2.25. The molecule has 2 rings (SSSR count). The molecular weight excluding hydrogens is 287 g/mol. The van der Waals surface area contributed by atoms with Gasteiger partial charge in [0, 0.05) is 9.50 Å². The molecule has 1 N–H and O–H groups in total. The molecule has 2 aromatic carbocycles. The molecule has 82 valence electrons. The van der Waals surface area contributed by atoms with Gasteiger partial charge in [-0.05, 0) is 35.4 Å². The van der Waals surface area contributed by atoms with Gasteiger partial charge in [-0.15, -0.1) is 0 Å². The monoisotopic (exact) mass is 296 g/mol. The molecule has 0 bridgehead atoms. The fraction of sp³-hybridized carbons (Fsp3) is 0.0769. The highest BCUT2D eigenvalue weighted by atomic mass is 79.9. The second-order valence-corrected chi connectivity index (χ2v) is 4.86. The first kappa shape index (κ1) is 11.6. The number of halogens is 2. The lowest BCUT2D eigenvalue weighted by molar-refractivity contribution is 0.220. The third-order valence-electron chi connectivity index (χ3n) is 2.33. The van der Waals surface area contributed by atoms with E-state index in [2.05, 4.69) is 15.9 Å². The van der Waals surface area contributed by atoms with Gasteiger partial charge in [0.25, 0.3) is 0 Å². The van der Waals surface area contributed by atoms with E-state index in [1.807, 2.05) is 36.4 Å². The largest absolute Gasteiger partial charge is 0.384 e. The number of rotatable bonds is 2. The van der Waals surface area contributed by atoms with Crippen LogP contribution < -0.4 is 0 Å².